The zero-order valence-corrected chi connectivity index (χ0v) is 18.4. The number of carbonyl (C=O) groups excluding carboxylic acids is 2. The fourth-order valence-electron chi connectivity index (χ4n) is 2.40. The van der Waals surface area contributed by atoms with Crippen molar-refractivity contribution in [1.82, 2.24) is 10.9 Å². The van der Waals surface area contributed by atoms with Crippen LogP contribution in [0.5, 0.6) is 11.5 Å². The molecule has 0 unspecified atom stereocenters. The number of amides is 2. The highest BCUT2D eigenvalue weighted by Gasteiger charge is 2.06. The minimum atomic E-state index is -0.368. The standard InChI is InChI=1S/C23H28N4O4/c1-15(2)30-20-10-6-18(7-11-20)22(28)26-24-14-17(5)25-27-23(29)19-8-12-21(13-9-19)31-16(3)4/h6-16H,1-5H3,(H,26,28)(H,27,29)/b24-14-,25-17+. The average Bonchev–Trinajstić information content (AvgIpc) is 2.72. The lowest BCUT2D eigenvalue weighted by molar-refractivity contribution is 0.0946. The smallest absolute Gasteiger partial charge is 0.271 e. The van der Waals surface area contributed by atoms with Gasteiger partial charge in [-0.25, -0.2) is 10.9 Å². The van der Waals surface area contributed by atoms with Crippen molar-refractivity contribution in [2.75, 3.05) is 0 Å². The molecule has 0 heterocycles. The highest BCUT2D eigenvalue weighted by Crippen LogP contribution is 2.14. The lowest BCUT2D eigenvalue weighted by Gasteiger charge is -2.09. The van der Waals surface area contributed by atoms with Gasteiger partial charge in [0.25, 0.3) is 11.8 Å². The molecular weight excluding hydrogens is 396 g/mol. The Morgan fingerprint density at radius 2 is 1.19 bits per heavy atom. The van der Waals surface area contributed by atoms with Crippen LogP contribution in [0.15, 0.2) is 58.7 Å². The van der Waals surface area contributed by atoms with Crippen molar-refractivity contribution in [3.8, 4) is 11.5 Å². The number of nitrogens with one attached hydrogen (secondary N) is 2. The Balaban J connectivity index is 1.84. The molecule has 0 aliphatic rings. The molecule has 0 atom stereocenters. The maximum absolute atomic E-state index is 12.2. The van der Waals surface area contributed by atoms with E-state index in [9.17, 15) is 9.59 Å². The van der Waals surface area contributed by atoms with E-state index in [1.54, 1.807) is 55.5 Å². The maximum atomic E-state index is 12.2. The first-order valence-corrected chi connectivity index (χ1v) is 9.96. The second-order valence-corrected chi connectivity index (χ2v) is 7.28. The second-order valence-electron chi connectivity index (χ2n) is 7.28. The van der Waals surface area contributed by atoms with Crippen LogP contribution in [-0.4, -0.2) is 35.9 Å². The molecule has 0 bridgehead atoms. The summed E-state index contributed by atoms with van der Waals surface area (Å²) < 4.78 is 11.1. The quantitative estimate of drug-likeness (QED) is 0.472. The average molecular weight is 425 g/mol. The Labute approximate surface area is 182 Å². The van der Waals surface area contributed by atoms with Gasteiger partial charge < -0.3 is 9.47 Å². The highest BCUT2D eigenvalue weighted by molar-refractivity contribution is 6.29. The Morgan fingerprint density at radius 3 is 1.61 bits per heavy atom. The van der Waals surface area contributed by atoms with Gasteiger partial charge in [-0.3, -0.25) is 9.59 Å². The van der Waals surface area contributed by atoms with Gasteiger partial charge in [0.1, 0.15) is 11.5 Å². The first-order chi connectivity index (χ1) is 14.7. The van der Waals surface area contributed by atoms with Gasteiger partial charge in [0.05, 0.1) is 24.1 Å². The summed E-state index contributed by atoms with van der Waals surface area (Å²) in [6.45, 7) is 9.37. The first-order valence-electron chi connectivity index (χ1n) is 9.96. The van der Waals surface area contributed by atoms with Crippen molar-refractivity contribution in [3.05, 3.63) is 59.7 Å². The zero-order valence-electron chi connectivity index (χ0n) is 18.4. The summed E-state index contributed by atoms with van der Waals surface area (Å²) >= 11 is 0. The van der Waals surface area contributed by atoms with E-state index in [-0.39, 0.29) is 24.0 Å². The van der Waals surface area contributed by atoms with Gasteiger partial charge in [-0.15, -0.1) is 0 Å². The van der Waals surface area contributed by atoms with Crippen LogP contribution >= 0.6 is 0 Å². The van der Waals surface area contributed by atoms with E-state index in [1.165, 1.54) is 6.21 Å². The van der Waals surface area contributed by atoms with Crippen LogP contribution in [0, 0.1) is 0 Å². The molecule has 8 nitrogen and oxygen atoms in total. The minimum Gasteiger partial charge on any atom is -0.491 e. The SMILES string of the molecule is CC(/C=N\NC(=O)c1ccc(OC(C)C)cc1)=N\NC(=O)c1ccc(OC(C)C)cc1. The van der Waals surface area contributed by atoms with Crippen LogP contribution in [0.3, 0.4) is 0 Å². The van der Waals surface area contributed by atoms with Crippen LogP contribution < -0.4 is 20.3 Å². The molecule has 31 heavy (non-hydrogen) atoms. The molecular formula is C23H28N4O4. The van der Waals surface area contributed by atoms with Crippen molar-refractivity contribution in [2.24, 2.45) is 10.2 Å². The van der Waals surface area contributed by atoms with Crippen LogP contribution in [0.2, 0.25) is 0 Å². The number of hydrogen-bond acceptors (Lipinski definition) is 6. The van der Waals surface area contributed by atoms with Gasteiger partial charge in [0.15, 0.2) is 0 Å². The Hall–Kier alpha value is -3.68. The molecule has 0 spiro atoms. The van der Waals surface area contributed by atoms with Gasteiger partial charge in [0, 0.05) is 11.1 Å². The molecule has 0 saturated carbocycles. The summed E-state index contributed by atoms with van der Waals surface area (Å²) in [5.74, 6) is 0.650. The minimum absolute atomic E-state index is 0.0601. The number of carbonyl (C=O) groups is 2. The number of benzene rings is 2. The van der Waals surface area contributed by atoms with Crippen LogP contribution in [0.1, 0.15) is 55.3 Å². The molecule has 0 radical (unpaired) electrons. The van der Waals surface area contributed by atoms with E-state index in [2.05, 4.69) is 21.1 Å². The summed E-state index contributed by atoms with van der Waals surface area (Å²) in [7, 11) is 0. The fraction of sp³-hybridized carbons (Fsp3) is 0.304. The van der Waals surface area contributed by atoms with Crippen molar-refractivity contribution in [2.45, 2.75) is 46.8 Å². The lowest BCUT2D eigenvalue weighted by Crippen LogP contribution is -2.21. The normalized spacial score (nSPS) is 11.6. The number of nitrogens with zero attached hydrogens (tertiary/aromatic N) is 2. The van der Waals surface area contributed by atoms with Crippen LogP contribution in [0.25, 0.3) is 0 Å². The fourth-order valence-corrected chi connectivity index (χ4v) is 2.40. The van der Waals surface area contributed by atoms with E-state index in [1.807, 2.05) is 27.7 Å². The van der Waals surface area contributed by atoms with Crippen molar-refractivity contribution in [1.29, 1.82) is 0 Å². The first kappa shape index (κ1) is 23.6. The van der Waals surface area contributed by atoms with Crippen molar-refractivity contribution < 1.29 is 19.1 Å². The van der Waals surface area contributed by atoms with E-state index >= 15 is 0 Å². The largest absolute Gasteiger partial charge is 0.491 e. The number of ether oxygens (including phenoxy) is 2. The number of hydrogen-bond donors (Lipinski definition) is 2. The molecule has 8 heteroatoms. The molecule has 164 valence electrons. The monoisotopic (exact) mass is 424 g/mol. The maximum Gasteiger partial charge on any atom is 0.271 e. The molecule has 0 saturated heterocycles. The van der Waals surface area contributed by atoms with E-state index in [4.69, 9.17) is 9.47 Å². The third-order valence-corrected chi connectivity index (χ3v) is 3.73. The molecule has 2 aromatic rings. The van der Waals surface area contributed by atoms with Crippen LogP contribution in [-0.2, 0) is 0 Å². The number of rotatable bonds is 9. The number of hydrazone groups is 2. The molecule has 2 N–H and O–H groups in total. The Bertz CT molecular complexity index is 933. The second kappa shape index (κ2) is 11.5. The molecule has 0 aliphatic carbocycles. The molecule has 2 amide bonds. The Kier molecular flexibility index (Phi) is 8.75. The molecule has 0 aliphatic heterocycles. The van der Waals surface area contributed by atoms with Gasteiger partial charge in [-0.2, -0.15) is 10.2 Å². The summed E-state index contributed by atoms with van der Waals surface area (Å²) in [5.41, 5.74) is 6.16. The van der Waals surface area contributed by atoms with Gasteiger partial charge in [-0.1, -0.05) is 0 Å². The molecule has 2 aromatic carbocycles. The van der Waals surface area contributed by atoms with E-state index in [0.717, 1.165) is 0 Å². The van der Waals surface area contributed by atoms with Crippen molar-refractivity contribution in [3.63, 3.8) is 0 Å². The highest BCUT2D eigenvalue weighted by atomic mass is 16.5. The van der Waals surface area contributed by atoms with Gasteiger partial charge in [-0.05, 0) is 83.1 Å². The van der Waals surface area contributed by atoms with E-state index in [0.29, 0.717) is 28.3 Å². The third-order valence-electron chi connectivity index (χ3n) is 3.73. The lowest BCUT2D eigenvalue weighted by atomic mass is 10.2. The van der Waals surface area contributed by atoms with E-state index < -0.39 is 0 Å². The van der Waals surface area contributed by atoms with Crippen molar-refractivity contribution >= 4 is 23.7 Å². The van der Waals surface area contributed by atoms with Gasteiger partial charge >= 0.3 is 0 Å². The zero-order chi connectivity index (χ0) is 22.8. The molecule has 0 aromatic heterocycles. The van der Waals surface area contributed by atoms with Gasteiger partial charge in [0.2, 0.25) is 0 Å². The summed E-state index contributed by atoms with van der Waals surface area (Å²) in [6.07, 6.45) is 1.46. The summed E-state index contributed by atoms with van der Waals surface area (Å²) in [6, 6.07) is 13.5. The topological polar surface area (TPSA) is 101 Å². The summed E-state index contributed by atoms with van der Waals surface area (Å²) in [4.78, 5) is 24.3. The molecule has 2 rings (SSSR count). The predicted octanol–water partition coefficient (Wildman–Crippen LogP) is 3.78. The third kappa shape index (κ3) is 8.30. The Morgan fingerprint density at radius 1 is 0.774 bits per heavy atom. The summed E-state index contributed by atoms with van der Waals surface area (Å²) in [5, 5.41) is 7.80. The van der Waals surface area contributed by atoms with Crippen LogP contribution in [0.4, 0.5) is 0 Å². The molecule has 0 fully saturated rings. The predicted molar refractivity (Wildman–Crippen MR) is 121 cm³/mol.